The maximum absolute atomic E-state index is 5.91. The number of nitrogens with zero attached hydrogens (tertiary/aromatic N) is 3. The molecule has 0 amide bonds. The molecule has 0 bridgehead atoms. The lowest BCUT2D eigenvalue weighted by atomic mass is 10.2. The van der Waals surface area contributed by atoms with E-state index in [2.05, 4.69) is 15.6 Å². The Morgan fingerprint density at radius 2 is 2.12 bits per heavy atom. The van der Waals surface area contributed by atoms with E-state index in [4.69, 9.17) is 23.2 Å². The summed E-state index contributed by atoms with van der Waals surface area (Å²) in [6, 6.07) is 5.52. The van der Waals surface area contributed by atoms with Crippen molar-refractivity contribution in [1.29, 1.82) is 0 Å². The molecule has 1 N–H and O–H groups in total. The van der Waals surface area contributed by atoms with Crippen LogP contribution < -0.4 is 5.32 Å². The van der Waals surface area contributed by atoms with Crippen LogP contribution in [0.25, 0.3) is 0 Å². The van der Waals surface area contributed by atoms with Crippen LogP contribution in [0.2, 0.25) is 10.0 Å². The van der Waals surface area contributed by atoms with Crippen LogP contribution in [-0.4, -0.2) is 15.0 Å². The average molecular weight is 257 g/mol. The Hall–Kier alpha value is -1.26. The Morgan fingerprint density at radius 3 is 2.75 bits per heavy atom. The fourth-order valence-corrected chi connectivity index (χ4v) is 1.59. The summed E-state index contributed by atoms with van der Waals surface area (Å²) in [5.74, 6) is 0.730. The second kappa shape index (κ2) is 4.72. The number of anilines is 1. The molecule has 0 spiro atoms. The molecule has 0 aliphatic heterocycles. The summed E-state index contributed by atoms with van der Waals surface area (Å²) in [5.41, 5.74) is 1.04. The number of aryl methyl sites for hydroxylation is 1. The van der Waals surface area contributed by atoms with Crippen molar-refractivity contribution in [3.63, 3.8) is 0 Å². The van der Waals surface area contributed by atoms with Crippen LogP contribution in [0.15, 0.2) is 24.4 Å². The van der Waals surface area contributed by atoms with Crippen LogP contribution in [0.3, 0.4) is 0 Å². The van der Waals surface area contributed by atoms with E-state index in [0.29, 0.717) is 16.6 Å². The zero-order chi connectivity index (χ0) is 11.5. The van der Waals surface area contributed by atoms with E-state index in [1.807, 2.05) is 19.2 Å². The molecular weight excluding hydrogens is 247 g/mol. The number of benzene rings is 1. The lowest BCUT2D eigenvalue weighted by molar-refractivity contribution is 0.715. The van der Waals surface area contributed by atoms with Crippen molar-refractivity contribution < 1.29 is 0 Å². The molecule has 2 aromatic rings. The molecule has 4 nitrogen and oxygen atoms in total. The van der Waals surface area contributed by atoms with Crippen molar-refractivity contribution in [3.05, 3.63) is 40.0 Å². The van der Waals surface area contributed by atoms with E-state index in [9.17, 15) is 0 Å². The first-order valence-electron chi connectivity index (χ1n) is 4.69. The molecule has 0 fully saturated rings. The van der Waals surface area contributed by atoms with Crippen molar-refractivity contribution in [1.82, 2.24) is 15.0 Å². The average Bonchev–Trinajstić information content (AvgIpc) is 2.66. The smallest absolute Gasteiger partial charge is 0.168 e. The normalized spacial score (nSPS) is 10.4. The third-order valence-corrected chi connectivity index (χ3v) is 2.80. The maximum atomic E-state index is 5.91. The number of hydrogen-bond acceptors (Lipinski definition) is 3. The van der Waals surface area contributed by atoms with Gasteiger partial charge in [0.1, 0.15) is 0 Å². The van der Waals surface area contributed by atoms with Crippen LogP contribution in [0.4, 0.5) is 5.82 Å². The van der Waals surface area contributed by atoms with E-state index in [-0.39, 0.29) is 0 Å². The molecule has 1 aromatic carbocycles. The van der Waals surface area contributed by atoms with E-state index in [1.54, 1.807) is 16.9 Å². The van der Waals surface area contributed by atoms with Gasteiger partial charge in [-0.1, -0.05) is 34.5 Å². The Morgan fingerprint density at radius 1 is 1.31 bits per heavy atom. The van der Waals surface area contributed by atoms with Gasteiger partial charge in [0.25, 0.3) is 0 Å². The molecule has 1 heterocycles. The number of aromatic nitrogens is 3. The predicted molar refractivity (Wildman–Crippen MR) is 64.8 cm³/mol. The summed E-state index contributed by atoms with van der Waals surface area (Å²) >= 11 is 11.7. The van der Waals surface area contributed by atoms with Gasteiger partial charge in [0, 0.05) is 13.6 Å². The molecule has 0 aliphatic carbocycles. The summed E-state index contributed by atoms with van der Waals surface area (Å²) < 4.78 is 1.64. The van der Waals surface area contributed by atoms with Crippen molar-refractivity contribution in [3.8, 4) is 0 Å². The fourth-order valence-electron chi connectivity index (χ4n) is 1.27. The molecule has 0 saturated carbocycles. The predicted octanol–water partition coefficient (Wildman–Crippen LogP) is 2.73. The monoisotopic (exact) mass is 256 g/mol. The highest BCUT2D eigenvalue weighted by Gasteiger charge is 2.01. The summed E-state index contributed by atoms with van der Waals surface area (Å²) in [4.78, 5) is 0. The van der Waals surface area contributed by atoms with Gasteiger partial charge in [-0.15, -0.1) is 5.10 Å². The lowest BCUT2D eigenvalue weighted by Crippen LogP contribution is -1.99. The second-order valence-corrected chi connectivity index (χ2v) is 4.19. The first-order valence-corrected chi connectivity index (χ1v) is 5.45. The Balaban J connectivity index is 2.02. The van der Waals surface area contributed by atoms with Crippen molar-refractivity contribution in [2.45, 2.75) is 6.54 Å². The van der Waals surface area contributed by atoms with Gasteiger partial charge in [0.05, 0.1) is 16.2 Å². The third kappa shape index (κ3) is 2.65. The number of halogens is 2. The molecular formula is C10H10Cl2N4. The Bertz CT molecular complexity index is 495. The Kier molecular flexibility index (Phi) is 3.31. The van der Waals surface area contributed by atoms with Crippen LogP contribution in [-0.2, 0) is 13.6 Å². The van der Waals surface area contributed by atoms with E-state index in [0.717, 1.165) is 11.4 Å². The quantitative estimate of drug-likeness (QED) is 0.919. The molecule has 16 heavy (non-hydrogen) atoms. The zero-order valence-corrected chi connectivity index (χ0v) is 10.1. The first kappa shape index (κ1) is 11.2. The minimum absolute atomic E-state index is 0.556. The van der Waals surface area contributed by atoms with Crippen molar-refractivity contribution >= 4 is 29.0 Å². The lowest BCUT2D eigenvalue weighted by Gasteiger charge is -2.03. The van der Waals surface area contributed by atoms with Crippen LogP contribution in [0, 0.1) is 0 Å². The van der Waals surface area contributed by atoms with Gasteiger partial charge in [-0.25, -0.2) is 0 Å². The molecule has 84 valence electrons. The summed E-state index contributed by atoms with van der Waals surface area (Å²) in [6.45, 7) is 0.635. The SMILES string of the molecule is Cn1cc(NCc2ccc(Cl)c(Cl)c2)nn1. The third-order valence-electron chi connectivity index (χ3n) is 2.06. The van der Waals surface area contributed by atoms with Gasteiger partial charge < -0.3 is 5.32 Å². The molecule has 0 saturated heterocycles. The minimum atomic E-state index is 0.556. The van der Waals surface area contributed by atoms with Gasteiger partial charge in [-0.3, -0.25) is 4.68 Å². The summed E-state index contributed by atoms with van der Waals surface area (Å²) in [5, 5.41) is 12.0. The molecule has 2 rings (SSSR count). The standard InChI is InChI=1S/C10H10Cl2N4/c1-16-6-10(14-15-16)13-5-7-2-3-8(11)9(12)4-7/h2-4,6,13H,5H2,1H3. The first-order chi connectivity index (χ1) is 7.65. The van der Waals surface area contributed by atoms with E-state index in [1.165, 1.54) is 0 Å². The maximum Gasteiger partial charge on any atom is 0.168 e. The topological polar surface area (TPSA) is 42.7 Å². The molecule has 0 unspecified atom stereocenters. The van der Waals surface area contributed by atoms with Gasteiger partial charge in [-0.2, -0.15) is 0 Å². The number of nitrogens with one attached hydrogen (secondary N) is 1. The minimum Gasteiger partial charge on any atom is -0.363 e. The van der Waals surface area contributed by atoms with Gasteiger partial charge in [0.15, 0.2) is 5.82 Å². The van der Waals surface area contributed by atoms with Gasteiger partial charge in [0.2, 0.25) is 0 Å². The van der Waals surface area contributed by atoms with E-state index >= 15 is 0 Å². The molecule has 6 heteroatoms. The van der Waals surface area contributed by atoms with Crippen LogP contribution >= 0.6 is 23.2 Å². The summed E-state index contributed by atoms with van der Waals surface area (Å²) in [7, 11) is 1.82. The summed E-state index contributed by atoms with van der Waals surface area (Å²) in [6.07, 6.45) is 1.80. The molecule has 1 aromatic heterocycles. The molecule has 0 atom stereocenters. The highest BCUT2D eigenvalue weighted by molar-refractivity contribution is 6.42. The van der Waals surface area contributed by atoms with Gasteiger partial charge in [-0.05, 0) is 17.7 Å². The van der Waals surface area contributed by atoms with Crippen molar-refractivity contribution in [2.75, 3.05) is 5.32 Å². The van der Waals surface area contributed by atoms with Crippen LogP contribution in [0.5, 0.6) is 0 Å². The zero-order valence-electron chi connectivity index (χ0n) is 8.61. The number of rotatable bonds is 3. The van der Waals surface area contributed by atoms with E-state index < -0.39 is 0 Å². The molecule has 0 radical (unpaired) electrons. The van der Waals surface area contributed by atoms with Crippen molar-refractivity contribution in [2.24, 2.45) is 7.05 Å². The highest BCUT2D eigenvalue weighted by Crippen LogP contribution is 2.22. The number of hydrogen-bond donors (Lipinski definition) is 1. The molecule has 0 aliphatic rings. The van der Waals surface area contributed by atoms with Crippen LogP contribution in [0.1, 0.15) is 5.56 Å². The second-order valence-electron chi connectivity index (χ2n) is 3.38. The Labute approximate surface area is 103 Å². The fraction of sp³-hybridized carbons (Fsp3) is 0.200. The van der Waals surface area contributed by atoms with Gasteiger partial charge >= 0.3 is 0 Å². The highest BCUT2D eigenvalue weighted by atomic mass is 35.5. The largest absolute Gasteiger partial charge is 0.363 e.